The largest absolute Gasteiger partial charge is 0.332 e. The standard InChI is InChI=1S/C30H27BrClN3O4/c1-19-15-22(32)17-23(16-19)35-28(38)30(2,18-20-9-11-21(31)12-10-20)34(29(35)39)14-6-5-13-33-26(36)24-7-3-4-8-25(24)27(33)37/h3-4,7-12,15-17H,5-6,13-14,18H2,1-2H3/t30-/m1/s1. The van der Waals surface area contributed by atoms with E-state index in [0.29, 0.717) is 41.1 Å². The maximum absolute atomic E-state index is 13.9. The number of carbonyl (C=O) groups is 4. The van der Waals surface area contributed by atoms with Crippen LogP contribution in [0.4, 0.5) is 10.5 Å². The molecule has 3 aromatic carbocycles. The smallest absolute Gasteiger partial charge is 0.309 e. The Morgan fingerprint density at radius 3 is 2.08 bits per heavy atom. The molecule has 5 amide bonds. The quantitative estimate of drug-likeness (QED) is 0.172. The van der Waals surface area contributed by atoms with Crippen molar-refractivity contribution in [1.82, 2.24) is 9.80 Å². The molecule has 1 saturated heterocycles. The fraction of sp³-hybridized carbons (Fsp3) is 0.267. The Kier molecular flexibility index (Phi) is 7.35. The van der Waals surface area contributed by atoms with E-state index in [0.717, 1.165) is 15.6 Å². The van der Waals surface area contributed by atoms with E-state index in [1.54, 1.807) is 54.3 Å². The molecule has 0 radical (unpaired) electrons. The molecule has 0 aliphatic carbocycles. The topological polar surface area (TPSA) is 78.0 Å². The Labute approximate surface area is 240 Å². The van der Waals surface area contributed by atoms with Crippen LogP contribution in [0.3, 0.4) is 0 Å². The Hall–Kier alpha value is -3.49. The molecular formula is C30H27BrClN3O4. The lowest BCUT2D eigenvalue weighted by Crippen LogP contribution is -2.49. The summed E-state index contributed by atoms with van der Waals surface area (Å²) in [6.07, 6.45) is 1.33. The first-order chi connectivity index (χ1) is 18.6. The Morgan fingerprint density at radius 1 is 0.846 bits per heavy atom. The van der Waals surface area contributed by atoms with Crippen LogP contribution in [0.25, 0.3) is 0 Å². The molecule has 2 aliphatic rings. The van der Waals surface area contributed by atoms with Gasteiger partial charge in [0.25, 0.3) is 17.7 Å². The monoisotopic (exact) mass is 607 g/mol. The molecule has 0 N–H and O–H groups in total. The summed E-state index contributed by atoms with van der Waals surface area (Å²) in [6.45, 7) is 4.18. The third-order valence-corrected chi connectivity index (χ3v) is 8.07. The number of hydrogen-bond donors (Lipinski definition) is 0. The zero-order chi connectivity index (χ0) is 27.9. The SMILES string of the molecule is Cc1cc(Cl)cc(N2C(=O)N(CCCCN3C(=O)c4ccccc4C3=O)[C@](C)(Cc3ccc(Br)cc3)C2=O)c1. The zero-order valence-corrected chi connectivity index (χ0v) is 24.0. The molecule has 1 atom stereocenters. The van der Waals surface area contributed by atoms with Gasteiger partial charge < -0.3 is 4.90 Å². The summed E-state index contributed by atoms with van der Waals surface area (Å²) in [5, 5.41) is 0.444. The second-order valence-electron chi connectivity index (χ2n) is 10.2. The van der Waals surface area contributed by atoms with Crippen molar-refractivity contribution < 1.29 is 19.2 Å². The Balaban J connectivity index is 1.35. The van der Waals surface area contributed by atoms with Crippen molar-refractivity contribution in [2.75, 3.05) is 18.0 Å². The van der Waals surface area contributed by atoms with Crippen LogP contribution in [0.5, 0.6) is 0 Å². The lowest BCUT2D eigenvalue weighted by atomic mass is 9.91. The Morgan fingerprint density at radius 2 is 1.46 bits per heavy atom. The van der Waals surface area contributed by atoms with Gasteiger partial charge in [-0.15, -0.1) is 0 Å². The molecule has 7 nitrogen and oxygen atoms in total. The summed E-state index contributed by atoms with van der Waals surface area (Å²) in [7, 11) is 0. The molecule has 0 bridgehead atoms. The van der Waals surface area contributed by atoms with E-state index in [1.165, 1.54) is 9.80 Å². The van der Waals surface area contributed by atoms with Gasteiger partial charge in [-0.2, -0.15) is 0 Å². The van der Waals surface area contributed by atoms with E-state index >= 15 is 0 Å². The lowest BCUT2D eigenvalue weighted by Gasteiger charge is -2.32. The summed E-state index contributed by atoms with van der Waals surface area (Å²) >= 11 is 9.71. The molecule has 3 aromatic rings. The van der Waals surface area contributed by atoms with E-state index in [-0.39, 0.29) is 30.8 Å². The van der Waals surface area contributed by atoms with Crippen LogP contribution >= 0.6 is 27.5 Å². The minimum atomic E-state index is -1.13. The van der Waals surface area contributed by atoms with Crippen LogP contribution < -0.4 is 4.90 Å². The van der Waals surface area contributed by atoms with Gasteiger partial charge in [0.1, 0.15) is 5.54 Å². The minimum Gasteiger partial charge on any atom is -0.309 e. The van der Waals surface area contributed by atoms with Gasteiger partial charge in [-0.25, -0.2) is 9.69 Å². The van der Waals surface area contributed by atoms with Crippen LogP contribution in [0.2, 0.25) is 5.02 Å². The van der Waals surface area contributed by atoms with Crippen LogP contribution in [-0.4, -0.2) is 52.2 Å². The van der Waals surface area contributed by atoms with Crippen molar-refractivity contribution in [3.8, 4) is 0 Å². The second-order valence-corrected chi connectivity index (χ2v) is 11.5. The fourth-order valence-electron chi connectivity index (χ4n) is 5.34. The number of fused-ring (bicyclic) bond motifs is 1. The van der Waals surface area contributed by atoms with Gasteiger partial charge in [0, 0.05) is 29.0 Å². The van der Waals surface area contributed by atoms with E-state index in [9.17, 15) is 19.2 Å². The van der Waals surface area contributed by atoms with Crippen molar-refractivity contribution >= 4 is 57.0 Å². The predicted octanol–water partition coefficient (Wildman–Crippen LogP) is 6.26. The highest BCUT2D eigenvalue weighted by molar-refractivity contribution is 9.10. The van der Waals surface area contributed by atoms with Crippen LogP contribution in [0.1, 0.15) is 51.6 Å². The number of unbranched alkanes of at least 4 members (excludes halogenated alkanes) is 1. The van der Waals surface area contributed by atoms with Gasteiger partial charge in [-0.3, -0.25) is 19.3 Å². The number of carbonyl (C=O) groups excluding carboxylic acids is 4. The number of amides is 5. The molecule has 0 aromatic heterocycles. The predicted molar refractivity (Wildman–Crippen MR) is 153 cm³/mol. The van der Waals surface area contributed by atoms with Crippen LogP contribution in [-0.2, 0) is 11.2 Å². The maximum Gasteiger partial charge on any atom is 0.332 e. The highest BCUT2D eigenvalue weighted by Crippen LogP contribution is 2.36. The van der Waals surface area contributed by atoms with E-state index in [4.69, 9.17) is 11.6 Å². The number of halogens is 2. The lowest BCUT2D eigenvalue weighted by molar-refractivity contribution is -0.124. The van der Waals surface area contributed by atoms with Gasteiger partial charge in [0.05, 0.1) is 16.8 Å². The average Bonchev–Trinajstić information content (AvgIpc) is 3.24. The molecule has 0 unspecified atom stereocenters. The molecule has 5 rings (SSSR count). The summed E-state index contributed by atoms with van der Waals surface area (Å²) in [6, 6.07) is 19.2. The summed E-state index contributed by atoms with van der Waals surface area (Å²) in [5.41, 5.74) is 1.89. The average molecular weight is 609 g/mol. The third kappa shape index (κ3) is 4.99. The molecule has 39 heavy (non-hydrogen) atoms. The van der Waals surface area contributed by atoms with Crippen LogP contribution in [0.15, 0.2) is 71.2 Å². The third-order valence-electron chi connectivity index (χ3n) is 7.32. The molecular weight excluding hydrogens is 582 g/mol. The number of benzene rings is 3. The number of urea groups is 1. The number of rotatable bonds is 8. The molecule has 0 spiro atoms. The van der Waals surface area contributed by atoms with Gasteiger partial charge in [0.15, 0.2) is 0 Å². The number of imide groups is 2. The van der Waals surface area contributed by atoms with Gasteiger partial charge in [0.2, 0.25) is 0 Å². The summed E-state index contributed by atoms with van der Waals surface area (Å²) < 4.78 is 0.922. The van der Waals surface area contributed by atoms with E-state index < -0.39 is 11.6 Å². The first-order valence-electron chi connectivity index (χ1n) is 12.7. The first-order valence-corrected chi connectivity index (χ1v) is 13.9. The van der Waals surface area contributed by atoms with Crippen molar-refractivity contribution in [2.45, 2.75) is 38.6 Å². The maximum atomic E-state index is 13.9. The van der Waals surface area contributed by atoms with Crippen LogP contribution in [0, 0.1) is 6.92 Å². The minimum absolute atomic E-state index is 0.239. The van der Waals surface area contributed by atoms with E-state index in [1.807, 2.05) is 31.2 Å². The molecule has 200 valence electrons. The molecule has 2 aliphatic heterocycles. The molecule has 1 fully saturated rings. The highest BCUT2D eigenvalue weighted by Gasteiger charge is 2.54. The van der Waals surface area contributed by atoms with Crippen molar-refractivity contribution in [2.24, 2.45) is 0 Å². The molecule has 9 heteroatoms. The highest BCUT2D eigenvalue weighted by atomic mass is 79.9. The second kappa shape index (κ2) is 10.6. The molecule has 0 saturated carbocycles. The van der Waals surface area contributed by atoms with Gasteiger partial charge >= 0.3 is 6.03 Å². The number of aryl methyl sites for hydroxylation is 1. The van der Waals surface area contributed by atoms with Gasteiger partial charge in [-0.05, 0) is 80.3 Å². The summed E-state index contributed by atoms with van der Waals surface area (Å²) in [4.78, 5) is 57.2. The van der Waals surface area contributed by atoms with Crippen molar-refractivity contribution in [3.05, 3.63) is 98.5 Å². The van der Waals surface area contributed by atoms with Gasteiger partial charge in [-0.1, -0.05) is 51.8 Å². The van der Waals surface area contributed by atoms with Crippen molar-refractivity contribution in [3.63, 3.8) is 0 Å². The Bertz CT molecular complexity index is 1440. The van der Waals surface area contributed by atoms with E-state index in [2.05, 4.69) is 15.9 Å². The first kappa shape index (κ1) is 27.1. The fourth-order valence-corrected chi connectivity index (χ4v) is 5.89. The van der Waals surface area contributed by atoms with Crippen molar-refractivity contribution in [1.29, 1.82) is 0 Å². The number of anilines is 1. The molecule has 2 heterocycles. The number of nitrogens with zero attached hydrogens (tertiary/aromatic N) is 3. The number of hydrogen-bond acceptors (Lipinski definition) is 4. The zero-order valence-electron chi connectivity index (χ0n) is 21.6. The normalized spacial score (nSPS) is 18.9. The summed E-state index contributed by atoms with van der Waals surface area (Å²) in [5.74, 6) is -0.923.